The largest absolute Gasteiger partial charge is 0.363 e. The molecular weight excluding hydrogens is 112 g/mol. The highest BCUT2D eigenvalue weighted by molar-refractivity contribution is 5.34. The molecule has 0 aromatic carbocycles. The molecule has 1 rings (SSSR count). The summed E-state index contributed by atoms with van der Waals surface area (Å²) in [5.41, 5.74) is 0. The van der Waals surface area contributed by atoms with Gasteiger partial charge in [0.05, 0.1) is 0 Å². The van der Waals surface area contributed by atoms with Crippen LogP contribution in [0.5, 0.6) is 0 Å². The molecule has 48 valence electrons. The van der Waals surface area contributed by atoms with E-state index in [0.29, 0.717) is 4.90 Å². The van der Waals surface area contributed by atoms with E-state index in [0.717, 1.165) is 0 Å². The Morgan fingerprint density at radius 2 is 2.44 bits per heavy atom. The van der Waals surface area contributed by atoms with Gasteiger partial charge >= 0.3 is 0 Å². The summed E-state index contributed by atoms with van der Waals surface area (Å²) in [7, 11) is 0. The second-order valence-corrected chi connectivity index (χ2v) is 1.52. The van der Waals surface area contributed by atoms with Crippen LogP contribution in [-0.4, -0.2) is 18.9 Å². The van der Waals surface area contributed by atoms with Gasteiger partial charge in [0, 0.05) is 28.4 Å². The number of pyridine rings is 1. The molecule has 0 fully saturated rings. The summed E-state index contributed by atoms with van der Waals surface area (Å²) < 4.78 is 42.8. The topological polar surface area (TPSA) is 16.1 Å². The highest BCUT2D eigenvalue weighted by Gasteiger charge is 1.89. The van der Waals surface area contributed by atoms with Crippen LogP contribution in [-0.2, 0) is 0 Å². The minimum Gasteiger partial charge on any atom is -0.363 e. The molecule has 0 saturated heterocycles. The zero-order chi connectivity index (χ0) is 11.7. The van der Waals surface area contributed by atoms with Gasteiger partial charge in [0.15, 0.2) is 0 Å². The van der Waals surface area contributed by atoms with Crippen molar-refractivity contribution in [1.82, 2.24) is 4.98 Å². The Bertz CT molecular complexity index is 302. The second kappa shape index (κ2) is 2.49. The lowest BCUT2D eigenvalue weighted by molar-refractivity contribution is 1.07. The molecule has 2 nitrogen and oxygen atoms in total. The van der Waals surface area contributed by atoms with Crippen LogP contribution >= 0.6 is 0 Å². The van der Waals surface area contributed by atoms with Crippen molar-refractivity contribution in [3.63, 3.8) is 0 Å². The average molecular weight is 128 g/mol. The molecule has 0 saturated carbocycles. The van der Waals surface area contributed by atoms with Crippen LogP contribution in [0.1, 0.15) is 8.22 Å². The SMILES string of the molecule is [2H]C([2H])([2H])N(c1ccccn1)C([2H])([2H])[2H]. The van der Waals surface area contributed by atoms with E-state index < -0.39 is 14.0 Å². The quantitative estimate of drug-likeness (QED) is 0.564. The molecule has 2 heteroatoms. The third-order valence-electron chi connectivity index (χ3n) is 0.878. The second-order valence-electron chi connectivity index (χ2n) is 1.52. The molecule has 0 N–H and O–H groups in total. The molecule has 1 aromatic rings. The van der Waals surface area contributed by atoms with Crippen molar-refractivity contribution in [2.45, 2.75) is 0 Å². The fraction of sp³-hybridized carbons (Fsp3) is 0.286. The standard InChI is InChI=1S/C7H10N2/c1-9(2)7-5-3-4-6-8-7/h3-6H,1-2H3/i1D3,2D3. The highest BCUT2D eigenvalue weighted by Crippen LogP contribution is 2.02. The predicted octanol–water partition coefficient (Wildman–Crippen LogP) is 1.15. The number of hydrogen-bond donors (Lipinski definition) is 0. The van der Waals surface area contributed by atoms with Crippen LogP contribution < -0.4 is 4.90 Å². The molecular formula is C7H10N2. The molecule has 1 aromatic heterocycles. The van der Waals surface area contributed by atoms with E-state index in [1.807, 2.05) is 0 Å². The molecule has 0 aliphatic rings. The van der Waals surface area contributed by atoms with Gasteiger partial charge in [-0.1, -0.05) is 6.07 Å². The summed E-state index contributed by atoms with van der Waals surface area (Å²) in [6.45, 7) is -5.47. The maximum Gasteiger partial charge on any atom is 0.127 e. The number of hydrogen-bond acceptors (Lipinski definition) is 2. The molecule has 0 atom stereocenters. The van der Waals surface area contributed by atoms with Crippen LogP contribution in [0.4, 0.5) is 5.82 Å². The van der Waals surface area contributed by atoms with Crippen LogP contribution in [0.25, 0.3) is 0 Å². The van der Waals surface area contributed by atoms with E-state index >= 15 is 0 Å². The molecule has 0 amide bonds. The van der Waals surface area contributed by atoms with Crippen molar-refractivity contribution in [2.75, 3.05) is 18.9 Å². The van der Waals surface area contributed by atoms with E-state index in [9.17, 15) is 0 Å². The van der Waals surface area contributed by atoms with Gasteiger partial charge in [-0.25, -0.2) is 4.98 Å². The molecule has 0 bridgehead atoms. The number of rotatable bonds is 1. The van der Waals surface area contributed by atoms with Crippen LogP contribution in [0.2, 0.25) is 0 Å². The Balaban J connectivity index is 3.15. The summed E-state index contributed by atoms with van der Waals surface area (Å²) in [4.78, 5) is 4.07. The van der Waals surface area contributed by atoms with Crippen LogP contribution in [0.15, 0.2) is 24.4 Å². The van der Waals surface area contributed by atoms with Crippen molar-refractivity contribution < 1.29 is 8.22 Å². The number of aromatic nitrogens is 1. The molecule has 0 aliphatic heterocycles. The summed E-state index contributed by atoms with van der Waals surface area (Å²) in [6.07, 6.45) is 1.35. The molecule has 0 unspecified atom stereocenters. The smallest absolute Gasteiger partial charge is 0.127 e. The summed E-state index contributed by atoms with van der Waals surface area (Å²) in [5, 5.41) is 0. The van der Waals surface area contributed by atoms with E-state index in [2.05, 4.69) is 4.98 Å². The lowest BCUT2D eigenvalue weighted by atomic mass is 10.4. The van der Waals surface area contributed by atoms with Gasteiger partial charge in [-0.2, -0.15) is 0 Å². The first-order valence-corrected chi connectivity index (χ1v) is 2.44. The van der Waals surface area contributed by atoms with E-state index in [1.165, 1.54) is 18.3 Å². The monoisotopic (exact) mass is 128 g/mol. The molecule has 9 heavy (non-hydrogen) atoms. The van der Waals surface area contributed by atoms with Gasteiger partial charge in [-0.05, 0) is 12.1 Å². The molecule has 0 aliphatic carbocycles. The van der Waals surface area contributed by atoms with Gasteiger partial charge in [-0.15, -0.1) is 0 Å². The van der Waals surface area contributed by atoms with Gasteiger partial charge in [0.25, 0.3) is 0 Å². The minimum absolute atomic E-state index is 0.0856. The lowest BCUT2D eigenvalue weighted by Gasteiger charge is -2.08. The lowest BCUT2D eigenvalue weighted by Crippen LogP contribution is -2.09. The maximum absolute atomic E-state index is 7.14. The predicted molar refractivity (Wildman–Crippen MR) is 38.6 cm³/mol. The van der Waals surface area contributed by atoms with Crippen LogP contribution in [0, 0.1) is 0 Å². The van der Waals surface area contributed by atoms with Gasteiger partial charge in [0.2, 0.25) is 0 Å². The van der Waals surface area contributed by atoms with Gasteiger partial charge in [-0.3, -0.25) is 0 Å². The van der Waals surface area contributed by atoms with E-state index in [1.54, 1.807) is 6.07 Å². The maximum atomic E-state index is 7.14. The van der Waals surface area contributed by atoms with Gasteiger partial charge < -0.3 is 4.90 Å². The van der Waals surface area contributed by atoms with Crippen molar-refractivity contribution in [3.05, 3.63) is 24.4 Å². The third-order valence-corrected chi connectivity index (χ3v) is 0.878. The molecule has 0 radical (unpaired) electrons. The van der Waals surface area contributed by atoms with Crippen molar-refractivity contribution in [1.29, 1.82) is 0 Å². The van der Waals surface area contributed by atoms with Crippen LogP contribution in [0.3, 0.4) is 0 Å². The van der Waals surface area contributed by atoms with Crippen molar-refractivity contribution in [2.24, 2.45) is 0 Å². The number of anilines is 1. The minimum atomic E-state index is -2.74. The Morgan fingerprint density at radius 3 is 3.00 bits per heavy atom. The fourth-order valence-corrected chi connectivity index (χ4v) is 0.486. The average Bonchev–Trinajstić information content (AvgIpc) is 2.00. The Hall–Kier alpha value is -1.05. The Kier molecular flexibility index (Phi) is 0.545. The summed E-state index contributed by atoms with van der Waals surface area (Å²) in [6, 6.07) is 4.46. The molecule has 0 spiro atoms. The Labute approximate surface area is 63.6 Å². The highest BCUT2D eigenvalue weighted by atomic mass is 15.1. The van der Waals surface area contributed by atoms with Crippen molar-refractivity contribution in [3.8, 4) is 0 Å². The third kappa shape index (κ3) is 1.42. The zero-order valence-corrected chi connectivity index (χ0v) is 4.70. The van der Waals surface area contributed by atoms with Crippen molar-refractivity contribution >= 4 is 5.82 Å². The first-order valence-electron chi connectivity index (χ1n) is 5.44. The van der Waals surface area contributed by atoms with E-state index in [-0.39, 0.29) is 5.82 Å². The summed E-state index contributed by atoms with van der Waals surface area (Å²) in [5.74, 6) is -0.0856. The fourth-order valence-electron chi connectivity index (χ4n) is 0.486. The number of nitrogens with zero attached hydrogens (tertiary/aromatic N) is 2. The molecule has 1 heterocycles. The first kappa shape index (κ1) is 1.97. The summed E-state index contributed by atoms with van der Waals surface area (Å²) >= 11 is 0. The zero-order valence-electron chi connectivity index (χ0n) is 10.7. The van der Waals surface area contributed by atoms with E-state index in [4.69, 9.17) is 8.22 Å². The Morgan fingerprint density at radius 1 is 1.56 bits per heavy atom. The van der Waals surface area contributed by atoms with Gasteiger partial charge in [0.1, 0.15) is 5.82 Å². The normalized spacial score (nSPS) is 21.8. The first-order chi connectivity index (χ1) is 6.73.